The molecule has 0 aliphatic heterocycles. The predicted octanol–water partition coefficient (Wildman–Crippen LogP) is 2.30. The molecule has 1 atom stereocenters. The van der Waals surface area contributed by atoms with Crippen LogP contribution in [0.4, 0.5) is 0 Å². The molecule has 1 aromatic carbocycles. The van der Waals surface area contributed by atoms with Crippen LogP contribution in [0.25, 0.3) is 0 Å². The molecule has 0 spiro atoms. The van der Waals surface area contributed by atoms with Gasteiger partial charge in [0, 0.05) is 22.0 Å². The van der Waals surface area contributed by atoms with E-state index in [1.807, 2.05) is 24.5 Å². The van der Waals surface area contributed by atoms with Crippen molar-refractivity contribution >= 4 is 22.6 Å². The fourth-order valence-electron chi connectivity index (χ4n) is 1.90. The number of halogens is 1. The fraction of sp³-hybridized carbons (Fsp3) is 0.214. The first-order chi connectivity index (χ1) is 8.78. The Morgan fingerprint density at radius 1 is 1.00 bits per heavy atom. The van der Waals surface area contributed by atoms with Gasteiger partial charge in [0.2, 0.25) is 0 Å². The molecule has 2 aromatic rings. The maximum atomic E-state index is 5.63. The number of nitrogens with two attached hydrogens (primary N) is 1. The fourth-order valence-corrected chi connectivity index (χ4v) is 2.26. The minimum atomic E-state index is 0.243. The third-order valence-corrected chi connectivity index (χ3v) is 3.58. The molecule has 1 aromatic heterocycles. The predicted molar refractivity (Wildman–Crippen MR) is 81.9 cm³/mol. The lowest BCUT2D eigenvalue weighted by molar-refractivity contribution is 0.522. The third-order valence-electron chi connectivity index (χ3n) is 2.86. The Morgan fingerprint density at radius 3 is 2.11 bits per heavy atom. The summed E-state index contributed by atoms with van der Waals surface area (Å²) < 4.78 is 1.25. The van der Waals surface area contributed by atoms with Gasteiger partial charge in [-0.3, -0.25) is 16.3 Å². The van der Waals surface area contributed by atoms with Gasteiger partial charge in [0.05, 0.1) is 0 Å². The van der Waals surface area contributed by atoms with Gasteiger partial charge in [-0.15, -0.1) is 0 Å². The van der Waals surface area contributed by atoms with Crippen LogP contribution in [0.3, 0.4) is 0 Å². The largest absolute Gasteiger partial charge is 0.271 e. The Hall–Kier alpha value is -0.980. The second kappa shape index (κ2) is 6.82. The Kier molecular flexibility index (Phi) is 5.10. The summed E-state index contributed by atoms with van der Waals surface area (Å²) in [4.78, 5) is 4.02. The summed E-state index contributed by atoms with van der Waals surface area (Å²) in [5.41, 5.74) is 5.44. The maximum absolute atomic E-state index is 5.63. The van der Waals surface area contributed by atoms with Crippen LogP contribution in [-0.4, -0.2) is 11.0 Å². The van der Waals surface area contributed by atoms with Crippen LogP contribution < -0.4 is 11.3 Å². The van der Waals surface area contributed by atoms with E-state index >= 15 is 0 Å². The van der Waals surface area contributed by atoms with Gasteiger partial charge in [0.25, 0.3) is 0 Å². The summed E-state index contributed by atoms with van der Waals surface area (Å²) in [5.74, 6) is 5.63. The van der Waals surface area contributed by atoms with E-state index in [0.29, 0.717) is 0 Å². The van der Waals surface area contributed by atoms with Crippen LogP contribution in [0.5, 0.6) is 0 Å². The lowest BCUT2D eigenvalue weighted by Gasteiger charge is -2.16. The second-order valence-corrected chi connectivity index (χ2v) is 5.50. The summed E-state index contributed by atoms with van der Waals surface area (Å²) in [6, 6.07) is 12.8. The zero-order valence-corrected chi connectivity index (χ0v) is 12.2. The Labute approximate surface area is 121 Å². The molecule has 3 nitrogen and oxygen atoms in total. The Bertz CT molecular complexity index is 470. The maximum Gasteiger partial charge on any atom is 0.0291 e. The van der Waals surface area contributed by atoms with Crippen LogP contribution >= 0.6 is 22.6 Å². The standard InChI is InChI=1S/C14H16IN3/c15-13-3-1-11(2-4-13)9-14(18-16)10-12-5-7-17-8-6-12/h1-8,14,18H,9-10,16H2. The topological polar surface area (TPSA) is 50.9 Å². The molecular weight excluding hydrogens is 337 g/mol. The van der Waals surface area contributed by atoms with E-state index < -0.39 is 0 Å². The van der Waals surface area contributed by atoms with E-state index in [2.05, 4.69) is 57.3 Å². The van der Waals surface area contributed by atoms with Crippen molar-refractivity contribution < 1.29 is 0 Å². The Morgan fingerprint density at radius 2 is 1.56 bits per heavy atom. The molecule has 2 rings (SSSR count). The third kappa shape index (κ3) is 4.04. The smallest absolute Gasteiger partial charge is 0.0291 e. The monoisotopic (exact) mass is 353 g/mol. The molecular formula is C14H16IN3. The molecule has 1 unspecified atom stereocenters. The van der Waals surface area contributed by atoms with E-state index in [1.54, 1.807) is 0 Å². The van der Waals surface area contributed by atoms with E-state index in [-0.39, 0.29) is 6.04 Å². The van der Waals surface area contributed by atoms with Gasteiger partial charge in [0.15, 0.2) is 0 Å². The van der Waals surface area contributed by atoms with E-state index in [1.165, 1.54) is 14.7 Å². The highest BCUT2D eigenvalue weighted by Gasteiger charge is 2.08. The van der Waals surface area contributed by atoms with Crippen molar-refractivity contribution in [2.75, 3.05) is 0 Å². The molecule has 0 bridgehead atoms. The summed E-state index contributed by atoms with van der Waals surface area (Å²) >= 11 is 2.31. The molecule has 0 amide bonds. The lowest BCUT2D eigenvalue weighted by atomic mass is 10.0. The van der Waals surface area contributed by atoms with Crippen LogP contribution in [0, 0.1) is 3.57 Å². The number of benzene rings is 1. The number of hydrogen-bond acceptors (Lipinski definition) is 3. The van der Waals surface area contributed by atoms with Gasteiger partial charge in [-0.2, -0.15) is 0 Å². The molecule has 0 saturated carbocycles. The SMILES string of the molecule is NNC(Cc1ccncc1)Cc1ccc(I)cc1. The zero-order valence-electron chi connectivity index (χ0n) is 10.0. The first-order valence-electron chi connectivity index (χ1n) is 5.87. The quantitative estimate of drug-likeness (QED) is 0.493. The summed E-state index contributed by atoms with van der Waals surface area (Å²) in [7, 11) is 0. The number of hydrazine groups is 1. The molecule has 3 N–H and O–H groups in total. The first-order valence-corrected chi connectivity index (χ1v) is 6.95. The molecule has 1 heterocycles. The number of nitrogens with one attached hydrogen (secondary N) is 1. The molecule has 0 radical (unpaired) electrons. The van der Waals surface area contributed by atoms with Gasteiger partial charge < -0.3 is 0 Å². The summed E-state index contributed by atoms with van der Waals surface area (Å²) in [6.45, 7) is 0. The molecule has 0 saturated heterocycles. The van der Waals surface area contributed by atoms with Crippen molar-refractivity contribution in [2.24, 2.45) is 5.84 Å². The number of aromatic nitrogens is 1. The second-order valence-electron chi connectivity index (χ2n) is 4.25. The number of rotatable bonds is 5. The molecule has 0 fully saturated rings. The normalized spacial score (nSPS) is 12.3. The van der Waals surface area contributed by atoms with Crippen molar-refractivity contribution in [1.82, 2.24) is 10.4 Å². The highest BCUT2D eigenvalue weighted by Crippen LogP contribution is 2.11. The number of pyridine rings is 1. The first kappa shape index (κ1) is 13.5. The van der Waals surface area contributed by atoms with Crippen molar-refractivity contribution in [2.45, 2.75) is 18.9 Å². The van der Waals surface area contributed by atoms with Gasteiger partial charge >= 0.3 is 0 Å². The van der Waals surface area contributed by atoms with E-state index in [0.717, 1.165) is 12.8 Å². The molecule has 4 heteroatoms. The lowest BCUT2D eigenvalue weighted by Crippen LogP contribution is -2.38. The van der Waals surface area contributed by atoms with Gasteiger partial charge in [-0.05, 0) is 70.8 Å². The minimum Gasteiger partial charge on any atom is -0.271 e. The average Bonchev–Trinajstić information content (AvgIpc) is 2.41. The van der Waals surface area contributed by atoms with Gasteiger partial charge in [-0.1, -0.05) is 12.1 Å². The minimum absolute atomic E-state index is 0.243. The molecule has 0 aliphatic rings. The van der Waals surface area contributed by atoms with Gasteiger partial charge in [-0.25, -0.2) is 0 Å². The Balaban J connectivity index is 1.99. The molecule has 94 valence electrons. The molecule has 0 aliphatic carbocycles. The van der Waals surface area contributed by atoms with Crippen molar-refractivity contribution in [1.29, 1.82) is 0 Å². The highest BCUT2D eigenvalue weighted by atomic mass is 127. The zero-order chi connectivity index (χ0) is 12.8. The van der Waals surface area contributed by atoms with Crippen LogP contribution in [0.2, 0.25) is 0 Å². The van der Waals surface area contributed by atoms with Crippen molar-refractivity contribution in [3.63, 3.8) is 0 Å². The van der Waals surface area contributed by atoms with Crippen LogP contribution in [0.15, 0.2) is 48.8 Å². The van der Waals surface area contributed by atoms with Crippen molar-refractivity contribution in [3.8, 4) is 0 Å². The van der Waals surface area contributed by atoms with E-state index in [4.69, 9.17) is 5.84 Å². The average molecular weight is 353 g/mol. The van der Waals surface area contributed by atoms with Gasteiger partial charge in [0.1, 0.15) is 0 Å². The summed E-state index contributed by atoms with van der Waals surface area (Å²) in [6.07, 6.45) is 5.46. The van der Waals surface area contributed by atoms with Crippen molar-refractivity contribution in [3.05, 3.63) is 63.5 Å². The van der Waals surface area contributed by atoms with Crippen LogP contribution in [-0.2, 0) is 12.8 Å². The number of nitrogens with zero attached hydrogens (tertiary/aromatic N) is 1. The highest BCUT2D eigenvalue weighted by molar-refractivity contribution is 14.1. The summed E-state index contributed by atoms with van der Waals surface area (Å²) in [5, 5.41) is 0. The molecule has 18 heavy (non-hydrogen) atoms. The number of hydrogen-bond donors (Lipinski definition) is 2. The van der Waals surface area contributed by atoms with Crippen LogP contribution in [0.1, 0.15) is 11.1 Å². The van der Waals surface area contributed by atoms with E-state index in [9.17, 15) is 0 Å².